The first-order valence-electron chi connectivity index (χ1n) is 10.6. The van der Waals surface area contributed by atoms with E-state index < -0.39 is 0 Å². The molecular weight excluding hydrogens is 380 g/mol. The molecule has 5 nitrogen and oxygen atoms in total. The first kappa shape index (κ1) is 19.0. The quantitative estimate of drug-likeness (QED) is 0.639. The van der Waals surface area contributed by atoms with E-state index in [9.17, 15) is 0 Å². The molecule has 1 aliphatic heterocycles. The van der Waals surface area contributed by atoms with Crippen LogP contribution in [-0.2, 0) is 30.7 Å². The Balaban J connectivity index is 1.53. The Morgan fingerprint density at radius 1 is 1.14 bits per heavy atom. The minimum Gasteiger partial charge on any atom is -0.379 e. The van der Waals surface area contributed by atoms with Crippen LogP contribution in [0.3, 0.4) is 0 Å². The number of thiophene rings is 1. The third-order valence-corrected chi connectivity index (χ3v) is 7.28. The number of ether oxygens (including phenoxy) is 1. The van der Waals surface area contributed by atoms with Crippen molar-refractivity contribution in [3.8, 4) is 0 Å². The molecule has 0 unspecified atom stereocenters. The summed E-state index contributed by atoms with van der Waals surface area (Å²) in [5, 5.41) is 1.30. The van der Waals surface area contributed by atoms with Crippen molar-refractivity contribution in [2.45, 2.75) is 39.3 Å². The number of hydrogen-bond acceptors (Lipinski definition) is 6. The highest BCUT2D eigenvalue weighted by Crippen LogP contribution is 2.40. The van der Waals surface area contributed by atoms with Crippen molar-refractivity contribution in [3.05, 3.63) is 51.7 Å². The number of rotatable bonds is 5. The van der Waals surface area contributed by atoms with Crippen molar-refractivity contribution in [2.75, 3.05) is 38.3 Å². The molecular formula is C23H28N4OS. The molecule has 0 N–H and O–H groups in total. The number of fused-ring (bicyclic) bond motifs is 3. The molecule has 0 amide bonds. The fourth-order valence-corrected chi connectivity index (χ4v) is 5.72. The number of morpholine rings is 1. The van der Waals surface area contributed by atoms with Gasteiger partial charge < -0.3 is 9.64 Å². The topological polar surface area (TPSA) is 41.5 Å². The van der Waals surface area contributed by atoms with Gasteiger partial charge in [0.1, 0.15) is 16.5 Å². The second-order valence-corrected chi connectivity index (χ2v) is 9.26. The van der Waals surface area contributed by atoms with Crippen LogP contribution < -0.4 is 4.90 Å². The summed E-state index contributed by atoms with van der Waals surface area (Å²) in [6, 6.07) is 8.63. The largest absolute Gasteiger partial charge is 0.379 e. The molecule has 1 fully saturated rings. The van der Waals surface area contributed by atoms with Gasteiger partial charge in [0, 0.05) is 31.6 Å². The summed E-state index contributed by atoms with van der Waals surface area (Å²) in [5.41, 5.74) is 4.17. The Morgan fingerprint density at radius 2 is 1.97 bits per heavy atom. The number of nitrogens with zero attached hydrogens (tertiary/aromatic N) is 4. The summed E-state index contributed by atoms with van der Waals surface area (Å²) in [7, 11) is 2.17. The normalized spacial score (nSPS) is 17.0. The maximum atomic E-state index is 5.50. The van der Waals surface area contributed by atoms with Crippen molar-refractivity contribution in [3.63, 3.8) is 0 Å². The van der Waals surface area contributed by atoms with E-state index in [4.69, 9.17) is 14.7 Å². The van der Waals surface area contributed by atoms with Gasteiger partial charge in [0.05, 0.1) is 25.1 Å². The van der Waals surface area contributed by atoms with E-state index in [0.717, 1.165) is 57.5 Å². The minimum atomic E-state index is 0.799. The second kappa shape index (κ2) is 8.01. The first-order valence-corrected chi connectivity index (χ1v) is 11.4. The van der Waals surface area contributed by atoms with Crippen LogP contribution in [0.2, 0.25) is 0 Å². The number of hydrogen-bond donors (Lipinski definition) is 0. The fraction of sp³-hybridized carbons (Fsp3) is 0.478. The summed E-state index contributed by atoms with van der Waals surface area (Å²) in [4.78, 5) is 17.5. The van der Waals surface area contributed by atoms with Crippen LogP contribution in [0.25, 0.3) is 10.2 Å². The average molecular weight is 409 g/mol. The zero-order valence-corrected chi connectivity index (χ0v) is 18.1. The fourth-order valence-electron chi connectivity index (χ4n) is 4.44. The summed E-state index contributed by atoms with van der Waals surface area (Å²) >= 11 is 1.88. The Hall–Kier alpha value is -2.02. The van der Waals surface area contributed by atoms with Gasteiger partial charge in [-0.2, -0.15) is 0 Å². The number of aryl methyl sites for hydroxylation is 3. The highest BCUT2D eigenvalue weighted by Gasteiger charge is 2.24. The van der Waals surface area contributed by atoms with E-state index in [1.807, 2.05) is 11.3 Å². The minimum absolute atomic E-state index is 0.799. The molecule has 6 heteroatoms. The van der Waals surface area contributed by atoms with Gasteiger partial charge in [-0.15, -0.1) is 11.3 Å². The van der Waals surface area contributed by atoms with Gasteiger partial charge >= 0.3 is 0 Å². The van der Waals surface area contributed by atoms with E-state index in [2.05, 4.69) is 48.0 Å². The molecule has 0 radical (unpaired) electrons. The van der Waals surface area contributed by atoms with Crippen molar-refractivity contribution in [1.82, 2.24) is 14.9 Å². The summed E-state index contributed by atoms with van der Waals surface area (Å²) in [5.74, 6) is 2.03. The molecule has 2 aromatic heterocycles. The van der Waals surface area contributed by atoms with Crippen LogP contribution in [0.1, 0.15) is 33.8 Å². The Kier molecular flexibility index (Phi) is 5.24. The van der Waals surface area contributed by atoms with Gasteiger partial charge in [-0.05, 0) is 42.9 Å². The van der Waals surface area contributed by atoms with Gasteiger partial charge in [0.15, 0.2) is 0 Å². The van der Waals surface area contributed by atoms with Crippen molar-refractivity contribution < 1.29 is 4.74 Å². The Bertz CT molecular complexity index is 1030. The molecule has 0 saturated carbocycles. The van der Waals surface area contributed by atoms with Gasteiger partial charge in [-0.25, -0.2) is 9.97 Å². The van der Waals surface area contributed by atoms with Crippen molar-refractivity contribution >= 4 is 27.4 Å². The molecule has 3 heterocycles. The van der Waals surface area contributed by atoms with Crippen molar-refractivity contribution in [1.29, 1.82) is 0 Å². The number of benzene rings is 1. The van der Waals surface area contributed by atoms with Gasteiger partial charge in [0.2, 0.25) is 0 Å². The summed E-state index contributed by atoms with van der Waals surface area (Å²) in [6.07, 6.45) is 3.61. The lowest BCUT2D eigenvalue weighted by atomic mass is 10.1. The third kappa shape index (κ3) is 3.77. The molecule has 1 aromatic carbocycles. The molecule has 29 heavy (non-hydrogen) atoms. The molecule has 3 aromatic rings. The predicted molar refractivity (Wildman–Crippen MR) is 119 cm³/mol. The van der Waals surface area contributed by atoms with Gasteiger partial charge in [0.25, 0.3) is 0 Å². The SMILES string of the molecule is Cc1ccccc1CN(C)c1nc(CN2CCOCC2)nc2sc3c(c12)CCC3. The third-order valence-electron chi connectivity index (χ3n) is 6.09. The van der Waals surface area contributed by atoms with Crippen molar-refractivity contribution in [2.24, 2.45) is 0 Å². The number of aromatic nitrogens is 2. The van der Waals surface area contributed by atoms with Crippen LogP contribution in [0.4, 0.5) is 5.82 Å². The van der Waals surface area contributed by atoms with Crippen LogP contribution in [0.15, 0.2) is 24.3 Å². The Labute approximate surface area is 176 Å². The van der Waals surface area contributed by atoms with Gasteiger partial charge in [-0.1, -0.05) is 24.3 Å². The van der Waals surface area contributed by atoms with E-state index in [0.29, 0.717) is 0 Å². The molecule has 1 aliphatic carbocycles. The summed E-state index contributed by atoms with van der Waals surface area (Å²) < 4.78 is 5.50. The van der Waals surface area contributed by atoms with Gasteiger partial charge in [-0.3, -0.25) is 4.90 Å². The van der Waals surface area contributed by atoms with Crippen LogP contribution in [-0.4, -0.2) is 48.2 Å². The maximum Gasteiger partial charge on any atom is 0.146 e. The van der Waals surface area contributed by atoms with E-state index in [1.165, 1.54) is 44.6 Å². The highest BCUT2D eigenvalue weighted by molar-refractivity contribution is 7.19. The summed E-state index contributed by atoms with van der Waals surface area (Å²) in [6.45, 7) is 7.36. The Morgan fingerprint density at radius 3 is 2.79 bits per heavy atom. The van der Waals surface area contributed by atoms with Crippen LogP contribution in [0.5, 0.6) is 0 Å². The zero-order chi connectivity index (χ0) is 19.8. The molecule has 2 aliphatic rings. The molecule has 1 saturated heterocycles. The first-order chi connectivity index (χ1) is 14.2. The molecule has 152 valence electrons. The molecule has 0 bridgehead atoms. The van der Waals surface area contributed by atoms with Crippen LogP contribution >= 0.6 is 11.3 Å². The smallest absolute Gasteiger partial charge is 0.146 e. The lowest BCUT2D eigenvalue weighted by molar-refractivity contribution is 0.0331. The standard InChI is InChI=1S/C23H28N4OS/c1-16-6-3-4-7-17(16)14-26(2)22-21-18-8-5-9-19(18)29-23(21)25-20(24-22)15-27-10-12-28-13-11-27/h3-4,6-7H,5,8-15H2,1-2H3. The van der Waals surface area contributed by atoms with E-state index >= 15 is 0 Å². The van der Waals surface area contributed by atoms with E-state index in [-0.39, 0.29) is 0 Å². The second-order valence-electron chi connectivity index (χ2n) is 8.17. The highest BCUT2D eigenvalue weighted by atomic mass is 32.1. The maximum absolute atomic E-state index is 5.50. The molecule has 0 spiro atoms. The predicted octanol–water partition coefficient (Wildman–Crippen LogP) is 3.96. The number of anilines is 1. The lowest BCUT2D eigenvalue weighted by Crippen LogP contribution is -2.36. The zero-order valence-electron chi connectivity index (χ0n) is 17.3. The average Bonchev–Trinajstić information content (AvgIpc) is 3.31. The molecule has 5 rings (SSSR count). The lowest BCUT2D eigenvalue weighted by Gasteiger charge is -2.26. The monoisotopic (exact) mass is 408 g/mol. The molecule has 0 atom stereocenters. The van der Waals surface area contributed by atoms with E-state index in [1.54, 1.807) is 0 Å². The van der Waals surface area contributed by atoms with Crippen LogP contribution in [0, 0.1) is 6.92 Å².